The minimum Gasteiger partial charge on any atom is -0.357 e. The predicted molar refractivity (Wildman–Crippen MR) is 117 cm³/mol. The lowest BCUT2D eigenvalue weighted by molar-refractivity contribution is -0.140. The monoisotopic (exact) mass is 477 g/mol. The molecule has 1 aliphatic heterocycles. The molecule has 2 aromatic rings. The van der Waals surface area contributed by atoms with E-state index in [-0.39, 0.29) is 18.0 Å². The summed E-state index contributed by atoms with van der Waals surface area (Å²) < 4.78 is 1.28. The second-order valence-corrected chi connectivity index (χ2v) is 7.83. The molecule has 33 heavy (non-hydrogen) atoms. The van der Waals surface area contributed by atoms with E-state index in [0.29, 0.717) is 36.9 Å². The van der Waals surface area contributed by atoms with Crippen LogP contribution in [0.2, 0.25) is 5.02 Å². The normalized spacial score (nSPS) is 14.9. The van der Waals surface area contributed by atoms with E-state index in [1.54, 1.807) is 17.0 Å². The van der Waals surface area contributed by atoms with Crippen molar-refractivity contribution in [3.05, 3.63) is 29.5 Å². The lowest BCUT2D eigenvalue weighted by Gasteiger charge is -2.33. The Morgan fingerprint density at radius 2 is 1.85 bits per heavy atom. The zero-order chi connectivity index (χ0) is 24.0. The van der Waals surface area contributed by atoms with Crippen LogP contribution in [0.15, 0.2) is 24.5 Å². The van der Waals surface area contributed by atoms with Crippen molar-refractivity contribution in [2.45, 2.75) is 12.5 Å². The highest BCUT2D eigenvalue weighted by atomic mass is 35.5. The summed E-state index contributed by atoms with van der Waals surface area (Å²) in [4.78, 5) is 53.7. The smallest absolute Gasteiger partial charge is 0.313 e. The van der Waals surface area contributed by atoms with Crippen LogP contribution in [0.5, 0.6) is 0 Å². The van der Waals surface area contributed by atoms with Crippen LogP contribution in [0, 0.1) is 0 Å². The number of carbonyl (C=O) groups excluding carboxylic acids is 4. The van der Waals surface area contributed by atoms with Crippen molar-refractivity contribution in [2.24, 2.45) is 0 Å². The van der Waals surface area contributed by atoms with Gasteiger partial charge in [-0.1, -0.05) is 11.6 Å². The third kappa shape index (κ3) is 6.23. The fourth-order valence-electron chi connectivity index (χ4n) is 3.23. The number of anilines is 1. The Morgan fingerprint density at radius 3 is 2.48 bits per heavy atom. The lowest BCUT2D eigenvalue weighted by atomic mass is 10.1. The van der Waals surface area contributed by atoms with Gasteiger partial charge in [0, 0.05) is 38.2 Å². The number of benzene rings is 1. The quantitative estimate of drug-likeness (QED) is 0.431. The average Bonchev–Trinajstić information content (AvgIpc) is 3.33. The Balaban J connectivity index is 1.67. The Morgan fingerprint density at radius 1 is 1.12 bits per heavy atom. The van der Waals surface area contributed by atoms with E-state index in [9.17, 15) is 19.2 Å². The summed E-state index contributed by atoms with van der Waals surface area (Å²) in [5.74, 6) is -3.01. The Kier molecular flexibility index (Phi) is 7.90. The maximum absolute atomic E-state index is 12.6. The van der Waals surface area contributed by atoms with Gasteiger partial charge in [-0.25, -0.2) is 0 Å². The van der Waals surface area contributed by atoms with Gasteiger partial charge < -0.3 is 25.8 Å². The van der Waals surface area contributed by atoms with Crippen molar-refractivity contribution in [3.8, 4) is 5.69 Å². The summed E-state index contributed by atoms with van der Waals surface area (Å²) in [6, 6.07) is 3.35. The van der Waals surface area contributed by atoms with Crippen LogP contribution in [0.1, 0.15) is 6.42 Å². The summed E-state index contributed by atoms with van der Waals surface area (Å²) in [5, 5.41) is 18.3. The topological polar surface area (TPSA) is 154 Å². The average molecular weight is 478 g/mol. The molecule has 14 heteroatoms. The molecule has 1 aliphatic rings. The van der Waals surface area contributed by atoms with E-state index in [4.69, 9.17) is 11.6 Å². The van der Waals surface area contributed by atoms with E-state index in [1.165, 1.54) is 24.1 Å². The molecule has 0 bridgehead atoms. The molecule has 1 aromatic heterocycles. The van der Waals surface area contributed by atoms with E-state index in [2.05, 4.69) is 36.4 Å². The minimum atomic E-state index is -1.21. The fraction of sp³-hybridized carbons (Fsp3) is 0.421. The molecule has 3 rings (SSSR count). The second-order valence-electron chi connectivity index (χ2n) is 7.40. The van der Waals surface area contributed by atoms with Crippen LogP contribution < -0.4 is 16.0 Å². The Bertz CT molecular complexity index is 1020. The number of carbonyl (C=O) groups is 4. The molecule has 3 N–H and O–H groups in total. The number of halogens is 1. The number of likely N-dealkylation sites (N-methyl/N-ethyl adjacent to an activating group) is 2. The summed E-state index contributed by atoms with van der Waals surface area (Å²) in [5.41, 5.74) is 0.554. The van der Waals surface area contributed by atoms with Gasteiger partial charge in [-0.15, -0.1) is 5.10 Å². The fourth-order valence-corrected chi connectivity index (χ4v) is 3.40. The molecule has 0 unspecified atom stereocenters. The molecule has 4 amide bonds. The summed E-state index contributed by atoms with van der Waals surface area (Å²) in [6.45, 7) is 2.49. The lowest BCUT2D eigenvalue weighted by Crippen LogP contribution is -2.53. The molecule has 1 atom stereocenters. The highest BCUT2D eigenvalue weighted by Crippen LogP contribution is 2.23. The predicted octanol–water partition coefficient (Wildman–Crippen LogP) is -1.35. The maximum atomic E-state index is 12.6. The summed E-state index contributed by atoms with van der Waals surface area (Å²) in [7, 11) is 3.34. The first-order valence-electron chi connectivity index (χ1n) is 10.1. The van der Waals surface area contributed by atoms with Gasteiger partial charge in [0.1, 0.15) is 12.4 Å². The molecule has 0 saturated carbocycles. The van der Waals surface area contributed by atoms with Crippen LogP contribution in [0.25, 0.3) is 5.69 Å². The molecule has 2 heterocycles. The van der Waals surface area contributed by atoms with Gasteiger partial charge in [0.2, 0.25) is 11.8 Å². The van der Waals surface area contributed by atoms with Crippen LogP contribution in [-0.4, -0.2) is 100.0 Å². The molecule has 176 valence electrons. The molecule has 1 fully saturated rings. The molecule has 0 spiro atoms. The number of hydrogen-bond donors (Lipinski definition) is 3. The third-order valence-electron chi connectivity index (χ3n) is 5.11. The van der Waals surface area contributed by atoms with E-state index < -0.39 is 23.8 Å². The van der Waals surface area contributed by atoms with Gasteiger partial charge in [0.25, 0.3) is 0 Å². The molecule has 0 aliphatic carbocycles. The van der Waals surface area contributed by atoms with Crippen LogP contribution in [0.3, 0.4) is 0 Å². The van der Waals surface area contributed by atoms with E-state index in [0.717, 1.165) is 0 Å². The van der Waals surface area contributed by atoms with Crippen LogP contribution in [0.4, 0.5) is 5.69 Å². The summed E-state index contributed by atoms with van der Waals surface area (Å²) in [6.07, 6.45) is 1.04. The van der Waals surface area contributed by atoms with Gasteiger partial charge in [0.15, 0.2) is 0 Å². The maximum Gasteiger partial charge on any atom is 0.313 e. The molecule has 1 aromatic carbocycles. The van der Waals surface area contributed by atoms with Gasteiger partial charge >= 0.3 is 11.8 Å². The first-order valence-corrected chi connectivity index (χ1v) is 10.5. The highest BCUT2D eigenvalue weighted by molar-refractivity contribution is 6.40. The van der Waals surface area contributed by atoms with E-state index in [1.807, 2.05) is 7.05 Å². The number of hydrogen-bond acceptors (Lipinski definition) is 8. The molecular weight excluding hydrogens is 454 g/mol. The van der Waals surface area contributed by atoms with Crippen molar-refractivity contribution in [2.75, 3.05) is 45.6 Å². The summed E-state index contributed by atoms with van der Waals surface area (Å²) >= 11 is 6.02. The van der Waals surface area contributed by atoms with Crippen molar-refractivity contribution < 1.29 is 19.2 Å². The minimum absolute atomic E-state index is 0.181. The largest absolute Gasteiger partial charge is 0.357 e. The van der Waals surface area contributed by atoms with Gasteiger partial charge in [-0.3, -0.25) is 19.2 Å². The van der Waals surface area contributed by atoms with Gasteiger partial charge in [-0.2, -0.15) is 4.68 Å². The third-order valence-corrected chi connectivity index (χ3v) is 5.35. The first kappa shape index (κ1) is 24.1. The van der Waals surface area contributed by atoms with Crippen molar-refractivity contribution in [1.82, 2.24) is 40.6 Å². The number of aromatic nitrogens is 4. The number of amides is 4. The second kappa shape index (κ2) is 10.8. The number of tetrazole rings is 1. The standard InChI is InChI=1S/C19H24ClN9O4/c1-21-17(31)14(10-16(30)28-7-5-27(2)6-8-28)24-19(33)18(32)23-13-9-12(20)3-4-15(13)29-11-22-25-26-29/h3-4,9,11,14H,5-8,10H2,1-2H3,(H,21,31)(H,23,32)(H,24,33)/t14-/m0/s1. The van der Waals surface area contributed by atoms with Crippen molar-refractivity contribution in [3.63, 3.8) is 0 Å². The number of nitrogens with zero attached hydrogens (tertiary/aromatic N) is 6. The van der Waals surface area contributed by atoms with Crippen molar-refractivity contribution in [1.29, 1.82) is 0 Å². The zero-order valence-corrected chi connectivity index (χ0v) is 18.9. The molecule has 13 nitrogen and oxygen atoms in total. The first-order chi connectivity index (χ1) is 15.8. The number of rotatable bonds is 6. The zero-order valence-electron chi connectivity index (χ0n) is 18.1. The van der Waals surface area contributed by atoms with Gasteiger partial charge in [-0.05, 0) is 35.7 Å². The number of nitrogens with one attached hydrogen (secondary N) is 3. The van der Waals surface area contributed by atoms with Crippen molar-refractivity contribution >= 4 is 40.9 Å². The SMILES string of the molecule is CNC(=O)[C@H](CC(=O)N1CCN(C)CC1)NC(=O)C(=O)Nc1cc(Cl)ccc1-n1cnnn1. The van der Waals surface area contributed by atoms with Crippen LogP contribution >= 0.6 is 11.6 Å². The number of piperazine rings is 1. The molecule has 0 radical (unpaired) electrons. The van der Waals surface area contributed by atoms with E-state index >= 15 is 0 Å². The molecule has 1 saturated heterocycles. The molecular formula is C19H24ClN9O4. The highest BCUT2D eigenvalue weighted by Gasteiger charge is 2.29. The Labute approximate surface area is 194 Å². The Hall–Kier alpha value is -3.58. The van der Waals surface area contributed by atoms with Crippen LogP contribution in [-0.2, 0) is 19.2 Å². The van der Waals surface area contributed by atoms with Gasteiger partial charge in [0.05, 0.1) is 17.8 Å².